The van der Waals surface area contributed by atoms with Gasteiger partial charge in [0, 0.05) is 30.9 Å². The van der Waals surface area contributed by atoms with Crippen LogP contribution in [0.25, 0.3) is 0 Å². The van der Waals surface area contributed by atoms with Crippen molar-refractivity contribution in [3.63, 3.8) is 0 Å². The molecule has 1 saturated heterocycles. The fourth-order valence-electron chi connectivity index (χ4n) is 6.57. The molecule has 3 unspecified atom stereocenters. The molecule has 2 aliphatic heterocycles. The number of hydrogen-bond acceptors (Lipinski definition) is 3. The highest BCUT2D eigenvalue weighted by Gasteiger charge is 2.45. The molecule has 0 radical (unpaired) electrons. The van der Waals surface area contributed by atoms with Gasteiger partial charge in [-0.15, -0.1) is 0 Å². The third-order valence-corrected chi connectivity index (χ3v) is 7.77. The largest absolute Gasteiger partial charge is 0.308 e. The minimum absolute atomic E-state index is 0.0154. The monoisotopic (exact) mass is 381 g/mol. The predicted octanol–water partition coefficient (Wildman–Crippen LogP) is 4.21. The maximum atomic E-state index is 13.8. The van der Waals surface area contributed by atoms with Gasteiger partial charge in [0.15, 0.2) is 0 Å². The Hall–Kier alpha value is -1.93. The second-order valence-corrected chi connectivity index (χ2v) is 9.11. The van der Waals surface area contributed by atoms with E-state index < -0.39 is 5.92 Å². The minimum Gasteiger partial charge on any atom is -0.308 e. The fourth-order valence-corrected chi connectivity index (χ4v) is 6.57. The lowest BCUT2D eigenvalue weighted by Gasteiger charge is -2.44. The van der Waals surface area contributed by atoms with Crippen molar-refractivity contribution in [3.8, 4) is 6.07 Å². The molecule has 2 bridgehead atoms. The van der Waals surface area contributed by atoms with Crippen LogP contribution in [-0.4, -0.2) is 36.0 Å². The summed E-state index contributed by atoms with van der Waals surface area (Å²) in [6.45, 7) is 2.09. The summed E-state index contributed by atoms with van der Waals surface area (Å²) in [5.74, 6) is 0.903. The third-order valence-electron chi connectivity index (χ3n) is 7.77. The van der Waals surface area contributed by atoms with Crippen LogP contribution in [0, 0.1) is 29.0 Å². The van der Waals surface area contributed by atoms with Crippen molar-refractivity contribution < 1.29 is 9.18 Å². The first-order chi connectivity index (χ1) is 13.7. The van der Waals surface area contributed by atoms with E-state index in [2.05, 4.69) is 11.0 Å². The number of halogens is 1. The molecular weight excluding hydrogens is 353 g/mol. The van der Waals surface area contributed by atoms with E-state index in [0.717, 1.165) is 49.5 Å². The maximum absolute atomic E-state index is 13.8. The average Bonchev–Trinajstić information content (AvgIpc) is 3.11. The fraction of sp³-hybridized carbons (Fsp3) is 0.652. The third kappa shape index (κ3) is 2.85. The molecule has 5 rings (SSSR count). The molecule has 4 nitrogen and oxygen atoms in total. The highest BCUT2D eigenvalue weighted by Crippen LogP contribution is 2.46. The van der Waals surface area contributed by atoms with Crippen LogP contribution in [0.5, 0.6) is 0 Å². The minimum atomic E-state index is -0.511. The van der Waals surface area contributed by atoms with E-state index in [9.17, 15) is 9.18 Å². The number of hydrogen-bond donors (Lipinski definition) is 0. The Morgan fingerprint density at radius 2 is 1.79 bits per heavy atom. The molecule has 2 heterocycles. The molecule has 1 aromatic rings. The zero-order chi connectivity index (χ0) is 19.3. The van der Waals surface area contributed by atoms with Crippen LogP contribution < -0.4 is 4.90 Å². The van der Waals surface area contributed by atoms with Crippen molar-refractivity contribution in [2.24, 2.45) is 11.8 Å². The van der Waals surface area contributed by atoms with Crippen molar-refractivity contribution >= 4 is 11.6 Å². The molecule has 0 N–H and O–H groups in total. The topological polar surface area (TPSA) is 47.3 Å². The second-order valence-electron chi connectivity index (χ2n) is 9.11. The number of rotatable bonds is 3. The van der Waals surface area contributed by atoms with E-state index in [1.54, 1.807) is 6.07 Å². The molecule has 28 heavy (non-hydrogen) atoms. The smallest absolute Gasteiger partial charge is 0.235 e. The molecule has 148 valence electrons. The molecule has 3 fully saturated rings. The van der Waals surface area contributed by atoms with E-state index >= 15 is 0 Å². The summed E-state index contributed by atoms with van der Waals surface area (Å²) in [6.07, 6.45) is 9.04. The van der Waals surface area contributed by atoms with E-state index in [-0.39, 0.29) is 24.2 Å². The zero-order valence-electron chi connectivity index (χ0n) is 16.3. The van der Waals surface area contributed by atoms with Gasteiger partial charge in [0.05, 0.1) is 18.4 Å². The van der Waals surface area contributed by atoms with Crippen LogP contribution in [0.2, 0.25) is 0 Å². The average molecular weight is 381 g/mol. The second kappa shape index (κ2) is 7.15. The summed E-state index contributed by atoms with van der Waals surface area (Å²) >= 11 is 0. The molecule has 1 amide bonds. The first-order valence-corrected chi connectivity index (χ1v) is 10.9. The SMILES string of the molecule is N#CCC1C(=O)N(C2CCN(C3C4CCCC3CC4)CC2)c2ccc(F)cc21. The number of nitriles is 1. The number of anilines is 1. The Labute approximate surface area is 166 Å². The maximum Gasteiger partial charge on any atom is 0.235 e. The molecule has 0 aromatic heterocycles. The van der Waals surface area contributed by atoms with Crippen molar-refractivity contribution in [1.29, 1.82) is 5.26 Å². The van der Waals surface area contributed by atoms with Crippen LogP contribution in [-0.2, 0) is 4.79 Å². The summed E-state index contributed by atoms with van der Waals surface area (Å²) < 4.78 is 13.8. The predicted molar refractivity (Wildman–Crippen MR) is 105 cm³/mol. The standard InChI is InChI=1S/C23H28FN3O/c24-17-6-7-21-20(14-17)19(8-11-25)23(28)27(21)18-9-12-26(13-10-18)22-15-2-1-3-16(22)5-4-15/h6-7,14-16,18-19,22H,1-5,8-10,12-13H2. The van der Waals surface area contributed by atoms with Crippen molar-refractivity contribution in [3.05, 3.63) is 29.6 Å². The normalized spacial score (nSPS) is 33.1. The number of nitrogens with zero attached hydrogens (tertiary/aromatic N) is 3. The Morgan fingerprint density at radius 1 is 1.07 bits per heavy atom. The van der Waals surface area contributed by atoms with E-state index in [0.29, 0.717) is 5.56 Å². The Kier molecular flexibility index (Phi) is 4.63. The molecule has 1 aromatic carbocycles. The van der Waals surface area contributed by atoms with Crippen molar-refractivity contribution in [1.82, 2.24) is 4.90 Å². The number of piperidine rings is 1. The lowest BCUT2D eigenvalue weighted by molar-refractivity contribution is -0.119. The number of amides is 1. The summed E-state index contributed by atoms with van der Waals surface area (Å²) in [5, 5.41) is 9.15. The molecule has 5 heteroatoms. The highest BCUT2D eigenvalue weighted by atomic mass is 19.1. The lowest BCUT2D eigenvalue weighted by atomic mass is 9.82. The summed E-state index contributed by atoms with van der Waals surface area (Å²) in [7, 11) is 0. The molecule has 4 aliphatic rings. The van der Waals surface area contributed by atoms with Crippen LogP contribution in [0.4, 0.5) is 10.1 Å². The Bertz CT molecular complexity index is 795. The number of fused-ring (bicyclic) bond motifs is 3. The van der Waals surface area contributed by atoms with Gasteiger partial charge in [-0.2, -0.15) is 5.26 Å². The number of benzene rings is 1. The van der Waals surface area contributed by atoms with Gasteiger partial charge < -0.3 is 4.90 Å². The van der Waals surface area contributed by atoms with Gasteiger partial charge >= 0.3 is 0 Å². The molecular formula is C23H28FN3O. The van der Waals surface area contributed by atoms with Crippen LogP contribution in [0.15, 0.2) is 18.2 Å². The molecule has 0 spiro atoms. The van der Waals surface area contributed by atoms with E-state index in [1.165, 1.54) is 44.2 Å². The molecule has 2 saturated carbocycles. The summed E-state index contributed by atoms with van der Waals surface area (Å²) in [4.78, 5) is 17.7. The van der Waals surface area contributed by atoms with Crippen LogP contribution in [0.3, 0.4) is 0 Å². The Morgan fingerprint density at radius 3 is 2.46 bits per heavy atom. The van der Waals surface area contributed by atoms with Gasteiger partial charge in [0.1, 0.15) is 5.82 Å². The zero-order valence-corrected chi connectivity index (χ0v) is 16.3. The van der Waals surface area contributed by atoms with Crippen LogP contribution in [0.1, 0.15) is 62.8 Å². The summed E-state index contributed by atoms with van der Waals surface area (Å²) in [6, 6.07) is 7.65. The number of carbonyl (C=O) groups excluding carboxylic acids is 1. The van der Waals surface area contributed by atoms with Crippen molar-refractivity contribution in [2.45, 2.75) is 69.4 Å². The Balaban J connectivity index is 1.33. The van der Waals surface area contributed by atoms with Crippen molar-refractivity contribution in [2.75, 3.05) is 18.0 Å². The van der Waals surface area contributed by atoms with Gasteiger partial charge in [0.25, 0.3) is 0 Å². The molecule has 2 aliphatic carbocycles. The highest BCUT2D eigenvalue weighted by molar-refractivity contribution is 6.05. The van der Waals surface area contributed by atoms with Gasteiger partial charge in [-0.05, 0) is 74.1 Å². The molecule has 3 atom stereocenters. The van der Waals surface area contributed by atoms with E-state index in [1.807, 2.05) is 4.90 Å². The number of carbonyl (C=O) groups is 1. The van der Waals surface area contributed by atoms with Gasteiger partial charge in [-0.25, -0.2) is 4.39 Å². The van der Waals surface area contributed by atoms with Gasteiger partial charge in [0.2, 0.25) is 5.91 Å². The summed E-state index contributed by atoms with van der Waals surface area (Å²) in [5.41, 5.74) is 1.52. The van der Waals surface area contributed by atoms with Crippen LogP contribution >= 0.6 is 0 Å². The number of likely N-dealkylation sites (tertiary alicyclic amines) is 1. The first kappa shape index (κ1) is 18.1. The van der Waals surface area contributed by atoms with Gasteiger partial charge in [-0.3, -0.25) is 9.69 Å². The first-order valence-electron chi connectivity index (χ1n) is 10.9. The van der Waals surface area contributed by atoms with E-state index in [4.69, 9.17) is 5.26 Å². The van der Waals surface area contributed by atoms with Gasteiger partial charge in [-0.1, -0.05) is 6.42 Å². The quantitative estimate of drug-likeness (QED) is 0.788. The lowest BCUT2D eigenvalue weighted by Crippen LogP contribution is -2.52.